The predicted molar refractivity (Wildman–Crippen MR) is 129 cm³/mol. The van der Waals surface area contributed by atoms with Crippen LogP contribution in [-0.2, 0) is 4.74 Å². The van der Waals surface area contributed by atoms with Gasteiger partial charge in [0.25, 0.3) is 0 Å². The maximum Gasteiger partial charge on any atom is 0.338 e. The van der Waals surface area contributed by atoms with Crippen molar-refractivity contribution >= 4 is 22.8 Å². The number of rotatable bonds is 6. The lowest BCUT2D eigenvalue weighted by Gasteiger charge is -2.11. The molecule has 164 valence electrons. The molecule has 5 aromatic rings. The summed E-state index contributed by atoms with van der Waals surface area (Å²) < 4.78 is 5.24. The van der Waals surface area contributed by atoms with Crippen LogP contribution in [0.5, 0.6) is 0 Å². The number of fused-ring (bicyclic) bond motifs is 1. The fourth-order valence-corrected chi connectivity index (χ4v) is 3.60. The molecular weight excluding hydrogens is 426 g/mol. The first kappa shape index (κ1) is 21.2. The van der Waals surface area contributed by atoms with E-state index >= 15 is 0 Å². The van der Waals surface area contributed by atoms with Crippen LogP contribution in [0.25, 0.3) is 33.5 Å². The van der Waals surface area contributed by atoms with Crippen molar-refractivity contribution in [3.63, 3.8) is 0 Å². The van der Waals surface area contributed by atoms with Gasteiger partial charge in [0.15, 0.2) is 6.61 Å². The molecule has 0 saturated carbocycles. The third-order valence-electron chi connectivity index (χ3n) is 5.31. The molecule has 5 rings (SSSR count). The minimum absolute atomic E-state index is 0.298. The van der Waals surface area contributed by atoms with Crippen molar-refractivity contribution < 1.29 is 14.3 Å². The zero-order chi connectivity index (χ0) is 23.3. The summed E-state index contributed by atoms with van der Waals surface area (Å²) in [5.74, 6) is -0.921. The fraction of sp³-hybridized carbons (Fsp3) is 0.0357. The van der Waals surface area contributed by atoms with Gasteiger partial charge in [-0.15, -0.1) is 0 Å². The van der Waals surface area contributed by atoms with Gasteiger partial charge in [-0.1, -0.05) is 60.7 Å². The Morgan fingerprint density at radius 1 is 0.676 bits per heavy atom. The lowest BCUT2D eigenvalue weighted by molar-refractivity contribution is 0.0475. The monoisotopic (exact) mass is 445 g/mol. The van der Waals surface area contributed by atoms with Gasteiger partial charge in [-0.25, -0.2) is 14.8 Å². The van der Waals surface area contributed by atoms with E-state index in [0.717, 1.165) is 22.5 Å². The lowest BCUT2D eigenvalue weighted by Crippen LogP contribution is -2.14. The number of benzene rings is 3. The van der Waals surface area contributed by atoms with Crippen LogP contribution in [-0.4, -0.2) is 33.3 Å². The molecule has 0 aliphatic heterocycles. The average molecular weight is 445 g/mol. The van der Waals surface area contributed by atoms with Crippen molar-refractivity contribution in [1.29, 1.82) is 0 Å². The molecule has 6 heteroatoms. The number of ether oxygens (including phenoxy) is 1. The fourth-order valence-electron chi connectivity index (χ4n) is 3.60. The molecule has 0 N–H and O–H groups in total. The zero-order valence-corrected chi connectivity index (χ0v) is 18.1. The summed E-state index contributed by atoms with van der Waals surface area (Å²) in [5, 5.41) is 0. The van der Waals surface area contributed by atoms with Crippen LogP contribution < -0.4 is 0 Å². The first-order valence-electron chi connectivity index (χ1n) is 10.7. The summed E-state index contributed by atoms with van der Waals surface area (Å²) >= 11 is 0. The van der Waals surface area contributed by atoms with E-state index in [0.29, 0.717) is 22.2 Å². The Kier molecular flexibility index (Phi) is 5.86. The number of esters is 1. The molecule has 0 amide bonds. The summed E-state index contributed by atoms with van der Waals surface area (Å²) in [7, 11) is 0. The number of Topliss-reactive ketones (excluding diaryl/α,β-unsaturated/α-hetero) is 1. The molecule has 34 heavy (non-hydrogen) atoms. The van der Waals surface area contributed by atoms with Crippen molar-refractivity contribution in [3.05, 3.63) is 115 Å². The van der Waals surface area contributed by atoms with Gasteiger partial charge in [0, 0.05) is 29.1 Å². The number of aromatic nitrogens is 3. The second-order valence-corrected chi connectivity index (χ2v) is 7.60. The minimum atomic E-state index is -0.602. The van der Waals surface area contributed by atoms with E-state index < -0.39 is 5.97 Å². The van der Waals surface area contributed by atoms with E-state index in [4.69, 9.17) is 14.7 Å². The van der Waals surface area contributed by atoms with E-state index in [1.165, 1.54) is 6.20 Å². The SMILES string of the molecule is O=C(COC(=O)c1ccc2nc(-c3ccccc3)c(-c3ccccc3)nc2c1)c1cccnc1. The standard InChI is InChI=1S/C28H19N3O3/c32-25(22-12-7-15-29-17-22)18-34-28(33)21-13-14-23-24(16-21)31-27(20-10-5-2-6-11-20)26(30-23)19-8-3-1-4-9-19/h1-17H,18H2. The van der Waals surface area contributed by atoms with Crippen LogP contribution in [0.15, 0.2) is 103 Å². The van der Waals surface area contributed by atoms with Crippen LogP contribution >= 0.6 is 0 Å². The Hall–Kier alpha value is -4.71. The molecule has 6 nitrogen and oxygen atoms in total. The molecule has 0 atom stereocenters. The number of pyridine rings is 1. The molecule has 3 aromatic carbocycles. The summed E-state index contributed by atoms with van der Waals surface area (Å²) in [5.41, 5.74) is 5.26. The maximum atomic E-state index is 12.6. The molecular formula is C28H19N3O3. The summed E-state index contributed by atoms with van der Waals surface area (Å²) in [4.78, 5) is 38.5. The quantitative estimate of drug-likeness (QED) is 0.257. The average Bonchev–Trinajstić information content (AvgIpc) is 2.92. The van der Waals surface area contributed by atoms with E-state index in [2.05, 4.69) is 4.98 Å². The first-order valence-corrected chi connectivity index (χ1v) is 10.7. The van der Waals surface area contributed by atoms with Crippen molar-refractivity contribution in [3.8, 4) is 22.5 Å². The molecule has 0 spiro atoms. The Balaban J connectivity index is 1.48. The molecule has 2 aromatic heterocycles. The molecule has 0 bridgehead atoms. The van der Waals surface area contributed by atoms with Crippen LogP contribution in [0.2, 0.25) is 0 Å². The van der Waals surface area contributed by atoms with Crippen LogP contribution in [0.1, 0.15) is 20.7 Å². The molecule has 2 heterocycles. The summed E-state index contributed by atoms with van der Waals surface area (Å²) in [6.07, 6.45) is 3.02. The highest BCUT2D eigenvalue weighted by molar-refractivity contribution is 6.00. The topological polar surface area (TPSA) is 82.0 Å². The highest BCUT2D eigenvalue weighted by Gasteiger charge is 2.16. The molecule has 0 radical (unpaired) electrons. The van der Waals surface area contributed by atoms with E-state index in [-0.39, 0.29) is 12.4 Å². The molecule has 0 aliphatic carbocycles. The number of carbonyl (C=O) groups excluding carboxylic acids is 2. The van der Waals surface area contributed by atoms with Crippen LogP contribution in [0.4, 0.5) is 0 Å². The lowest BCUT2D eigenvalue weighted by atomic mass is 10.0. The van der Waals surface area contributed by atoms with Crippen molar-refractivity contribution in [2.24, 2.45) is 0 Å². The third kappa shape index (κ3) is 4.42. The first-order chi connectivity index (χ1) is 16.7. The van der Waals surface area contributed by atoms with Gasteiger partial charge in [0.1, 0.15) is 0 Å². The van der Waals surface area contributed by atoms with Crippen molar-refractivity contribution in [2.75, 3.05) is 6.61 Å². The van der Waals surface area contributed by atoms with Gasteiger partial charge in [0.2, 0.25) is 5.78 Å². The van der Waals surface area contributed by atoms with E-state index in [9.17, 15) is 9.59 Å². The van der Waals surface area contributed by atoms with Crippen molar-refractivity contribution in [1.82, 2.24) is 15.0 Å². The van der Waals surface area contributed by atoms with Gasteiger partial charge < -0.3 is 4.74 Å². The molecule has 0 unspecified atom stereocenters. The molecule has 0 fully saturated rings. The number of hydrogen-bond acceptors (Lipinski definition) is 6. The largest absolute Gasteiger partial charge is 0.454 e. The Labute approximate surface area is 195 Å². The Morgan fingerprint density at radius 3 is 1.94 bits per heavy atom. The number of hydrogen-bond donors (Lipinski definition) is 0. The highest BCUT2D eigenvalue weighted by Crippen LogP contribution is 2.31. The molecule has 0 saturated heterocycles. The normalized spacial score (nSPS) is 10.7. The Bertz CT molecular complexity index is 1470. The number of ketones is 1. The second-order valence-electron chi connectivity index (χ2n) is 7.60. The predicted octanol–water partition coefficient (Wildman–Crippen LogP) is 5.40. The van der Waals surface area contributed by atoms with Gasteiger partial charge in [-0.2, -0.15) is 0 Å². The smallest absolute Gasteiger partial charge is 0.338 e. The van der Waals surface area contributed by atoms with Crippen LogP contribution in [0, 0.1) is 0 Å². The van der Waals surface area contributed by atoms with Crippen LogP contribution in [0.3, 0.4) is 0 Å². The zero-order valence-electron chi connectivity index (χ0n) is 18.1. The number of carbonyl (C=O) groups is 2. The maximum absolute atomic E-state index is 12.6. The second kappa shape index (κ2) is 9.42. The van der Waals surface area contributed by atoms with E-state index in [1.807, 2.05) is 60.7 Å². The van der Waals surface area contributed by atoms with E-state index in [1.54, 1.807) is 36.5 Å². The summed E-state index contributed by atoms with van der Waals surface area (Å²) in [6, 6.07) is 28.0. The highest BCUT2D eigenvalue weighted by atomic mass is 16.5. The van der Waals surface area contributed by atoms with Gasteiger partial charge >= 0.3 is 5.97 Å². The summed E-state index contributed by atoms with van der Waals surface area (Å²) in [6.45, 7) is -0.365. The molecule has 0 aliphatic rings. The third-order valence-corrected chi connectivity index (χ3v) is 5.31. The number of nitrogens with zero attached hydrogens (tertiary/aromatic N) is 3. The van der Waals surface area contributed by atoms with Gasteiger partial charge in [-0.3, -0.25) is 9.78 Å². The van der Waals surface area contributed by atoms with Crippen molar-refractivity contribution in [2.45, 2.75) is 0 Å². The van der Waals surface area contributed by atoms with Gasteiger partial charge in [0.05, 0.1) is 28.0 Å². The minimum Gasteiger partial charge on any atom is -0.454 e. The van der Waals surface area contributed by atoms with Gasteiger partial charge in [-0.05, 0) is 30.3 Å². The Morgan fingerprint density at radius 2 is 1.32 bits per heavy atom.